The Morgan fingerprint density at radius 1 is 1.12 bits per heavy atom. The van der Waals surface area contributed by atoms with Crippen molar-refractivity contribution in [2.24, 2.45) is 5.41 Å². The monoisotopic (exact) mass is 243 g/mol. The molecule has 17 heavy (non-hydrogen) atoms. The standard InChI is InChI=1S/C14H29NO2/c1-4-16-13(17-5-2)8-11-15-12-14(3)9-6-7-10-14/h13,15H,4-12H2,1-3H3. The second-order valence-electron chi connectivity index (χ2n) is 5.32. The summed E-state index contributed by atoms with van der Waals surface area (Å²) in [6.45, 7) is 10.00. The van der Waals surface area contributed by atoms with Crippen LogP contribution in [0.1, 0.15) is 52.9 Å². The topological polar surface area (TPSA) is 30.5 Å². The molecule has 1 saturated carbocycles. The van der Waals surface area contributed by atoms with Gasteiger partial charge in [-0.1, -0.05) is 19.8 Å². The molecule has 0 aromatic heterocycles. The highest BCUT2D eigenvalue weighted by atomic mass is 16.7. The van der Waals surface area contributed by atoms with Crippen LogP contribution < -0.4 is 5.32 Å². The normalized spacial score (nSPS) is 19.1. The highest BCUT2D eigenvalue weighted by molar-refractivity contribution is 4.82. The van der Waals surface area contributed by atoms with Gasteiger partial charge >= 0.3 is 0 Å². The van der Waals surface area contributed by atoms with Crippen molar-refractivity contribution in [3.63, 3.8) is 0 Å². The van der Waals surface area contributed by atoms with E-state index in [1.165, 1.54) is 25.7 Å². The summed E-state index contributed by atoms with van der Waals surface area (Å²) in [5.74, 6) is 0. The number of hydrogen-bond donors (Lipinski definition) is 1. The molecule has 102 valence electrons. The fourth-order valence-corrected chi connectivity index (χ4v) is 2.60. The highest BCUT2D eigenvalue weighted by Gasteiger charge is 2.27. The Hall–Kier alpha value is -0.120. The smallest absolute Gasteiger partial charge is 0.158 e. The van der Waals surface area contributed by atoms with E-state index in [4.69, 9.17) is 9.47 Å². The molecule has 0 aromatic rings. The van der Waals surface area contributed by atoms with Gasteiger partial charge in [0.15, 0.2) is 6.29 Å². The summed E-state index contributed by atoms with van der Waals surface area (Å²) >= 11 is 0. The lowest BCUT2D eigenvalue weighted by molar-refractivity contribution is -0.138. The Morgan fingerprint density at radius 2 is 1.71 bits per heavy atom. The molecule has 1 N–H and O–H groups in total. The SMILES string of the molecule is CCOC(CCNCC1(C)CCCC1)OCC. The van der Waals surface area contributed by atoms with Crippen LogP contribution in [0.2, 0.25) is 0 Å². The third-order valence-electron chi connectivity index (χ3n) is 3.62. The van der Waals surface area contributed by atoms with E-state index in [2.05, 4.69) is 12.2 Å². The van der Waals surface area contributed by atoms with Gasteiger partial charge in [0.2, 0.25) is 0 Å². The Balaban J connectivity index is 2.08. The summed E-state index contributed by atoms with van der Waals surface area (Å²) in [6.07, 6.45) is 6.46. The molecular weight excluding hydrogens is 214 g/mol. The van der Waals surface area contributed by atoms with Crippen LogP contribution in [-0.2, 0) is 9.47 Å². The number of rotatable bonds is 9. The van der Waals surface area contributed by atoms with E-state index in [-0.39, 0.29) is 6.29 Å². The van der Waals surface area contributed by atoms with Gasteiger partial charge in [0, 0.05) is 26.2 Å². The van der Waals surface area contributed by atoms with E-state index in [9.17, 15) is 0 Å². The molecule has 1 aliphatic rings. The molecule has 3 nitrogen and oxygen atoms in total. The molecule has 3 heteroatoms. The van der Waals surface area contributed by atoms with E-state index in [0.717, 1.165) is 32.7 Å². The maximum atomic E-state index is 5.52. The zero-order chi connectivity index (χ0) is 12.6. The van der Waals surface area contributed by atoms with Gasteiger partial charge in [0.05, 0.1) is 0 Å². The molecule has 1 fully saturated rings. The fraction of sp³-hybridized carbons (Fsp3) is 1.00. The summed E-state index contributed by atoms with van der Waals surface area (Å²) < 4.78 is 11.0. The van der Waals surface area contributed by atoms with Gasteiger partial charge < -0.3 is 14.8 Å². The van der Waals surface area contributed by atoms with Crippen LogP contribution in [0.4, 0.5) is 0 Å². The third-order valence-corrected chi connectivity index (χ3v) is 3.62. The predicted octanol–water partition coefficient (Wildman–Crippen LogP) is 2.95. The fourth-order valence-electron chi connectivity index (χ4n) is 2.60. The highest BCUT2D eigenvalue weighted by Crippen LogP contribution is 2.36. The van der Waals surface area contributed by atoms with Gasteiger partial charge in [-0.2, -0.15) is 0 Å². The van der Waals surface area contributed by atoms with E-state index in [1.54, 1.807) is 0 Å². The van der Waals surface area contributed by atoms with Crippen molar-refractivity contribution in [2.45, 2.75) is 59.2 Å². The summed E-state index contributed by atoms with van der Waals surface area (Å²) in [7, 11) is 0. The second kappa shape index (κ2) is 8.06. The van der Waals surface area contributed by atoms with Crippen LogP contribution in [-0.4, -0.2) is 32.6 Å². The molecule has 0 radical (unpaired) electrons. The maximum Gasteiger partial charge on any atom is 0.158 e. The molecule has 0 bridgehead atoms. The van der Waals surface area contributed by atoms with Gasteiger partial charge in [-0.25, -0.2) is 0 Å². The van der Waals surface area contributed by atoms with Gasteiger partial charge in [-0.15, -0.1) is 0 Å². The third kappa shape index (κ3) is 5.84. The molecule has 0 spiro atoms. The first-order chi connectivity index (χ1) is 8.20. The van der Waals surface area contributed by atoms with Crippen molar-refractivity contribution < 1.29 is 9.47 Å². The summed E-state index contributed by atoms with van der Waals surface area (Å²) in [5.41, 5.74) is 0.534. The predicted molar refractivity (Wildman–Crippen MR) is 71.1 cm³/mol. The largest absolute Gasteiger partial charge is 0.353 e. The molecule has 0 heterocycles. The summed E-state index contributed by atoms with van der Waals surface area (Å²) in [5, 5.41) is 3.56. The van der Waals surface area contributed by atoms with Crippen molar-refractivity contribution >= 4 is 0 Å². The van der Waals surface area contributed by atoms with E-state index < -0.39 is 0 Å². The van der Waals surface area contributed by atoms with Crippen LogP contribution in [0, 0.1) is 5.41 Å². The van der Waals surface area contributed by atoms with Crippen molar-refractivity contribution in [2.75, 3.05) is 26.3 Å². The first kappa shape index (κ1) is 14.9. The van der Waals surface area contributed by atoms with Gasteiger partial charge in [-0.3, -0.25) is 0 Å². The number of hydrogen-bond acceptors (Lipinski definition) is 3. The van der Waals surface area contributed by atoms with Crippen molar-refractivity contribution in [3.05, 3.63) is 0 Å². The first-order valence-corrected chi connectivity index (χ1v) is 7.14. The van der Waals surface area contributed by atoms with Crippen molar-refractivity contribution in [1.82, 2.24) is 5.32 Å². The Bertz CT molecular complexity index is 185. The van der Waals surface area contributed by atoms with Crippen LogP contribution in [0.3, 0.4) is 0 Å². The average Bonchev–Trinajstić information content (AvgIpc) is 2.72. The minimum atomic E-state index is -0.0334. The van der Waals surface area contributed by atoms with Gasteiger partial charge in [0.1, 0.15) is 0 Å². The molecular formula is C14H29NO2. The van der Waals surface area contributed by atoms with E-state index in [0.29, 0.717) is 5.41 Å². The van der Waals surface area contributed by atoms with Gasteiger partial charge in [-0.05, 0) is 38.6 Å². The van der Waals surface area contributed by atoms with Crippen LogP contribution in [0.5, 0.6) is 0 Å². The van der Waals surface area contributed by atoms with E-state index >= 15 is 0 Å². The van der Waals surface area contributed by atoms with Crippen molar-refractivity contribution in [3.8, 4) is 0 Å². The number of ether oxygens (including phenoxy) is 2. The van der Waals surface area contributed by atoms with Crippen LogP contribution in [0.15, 0.2) is 0 Å². The molecule has 0 amide bonds. The molecule has 0 unspecified atom stereocenters. The zero-order valence-electron chi connectivity index (χ0n) is 11.8. The minimum Gasteiger partial charge on any atom is -0.353 e. The van der Waals surface area contributed by atoms with Crippen LogP contribution in [0.25, 0.3) is 0 Å². The molecule has 0 saturated heterocycles. The Morgan fingerprint density at radius 3 is 2.24 bits per heavy atom. The van der Waals surface area contributed by atoms with Gasteiger partial charge in [0.25, 0.3) is 0 Å². The molecule has 1 aliphatic carbocycles. The summed E-state index contributed by atoms with van der Waals surface area (Å²) in [4.78, 5) is 0. The molecule has 0 aliphatic heterocycles. The Kier molecular flexibility index (Phi) is 7.09. The first-order valence-electron chi connectivity index (χ1n) is 7.14. The molecule has 0 aromatic carbocycles. The van der Waals surface area contributed by atoms with Crippen molar-refractivity contribution in [1.29, 1.82) is 0 Å². The van der Waals surface area contributed by atoms with Crippen LogP contribution >= 0.6 is 0 Å². The zero-order valence-corrected chi connectivity index (χ0v) is 11.8. The lowest BCUT2D eigenvalue weighted by atomic mass is 9.89. The van der Waals surface area contributed by atoms with E-state index in [1.807, 2.05) is 13.8 Å². The molecule has 1 rings (SSSR count). The lowest BCUT2D eigenvalue weighted by Gasteiger charge is -2.24. The number of nitrogens with one attached hydrogen (secondary N) is 1. The minimum absolute atomic E-state index is 0.0334. The molecule has 0 atom stereocenters. The maximum absolute atomic E-state index is 5.52. The second-order valence-corrected chi connectivity index (χ2v) is 5.32. The quantitative estimate of drug-likeness (QED) is 0.499. The average molecular weight is 243 g/mol. The Labute approximate surface area is 106 Å². The lowest BCUT2D eigenvalue weighted by Crippen LogP contribution is -2.32. The summed E-state index contributed by atoms with van der Waals surface area (Å²) in [6, 6.07) is 0.